The summed E-state index contributed by atoms with van der Waals surface area (Å²) in [6.45, 7) is 1.69. The maximum atomic E-state index is 13.0. The van der Waals surface area contributed by atoms with Gasteiger partial charge in [-0.15, -0.1) is 0 Å². The van der Waals surface area contributed by atoms with Crippen LogP contribution in [0.2, 0.25) is 5.02 Å². The highest BCUT2D eigenvalue weighted by atomic mass is 35.5. The normalized spacial score (nSPS) is 15.3. The smallest absolute Gasteiger partial charge is 0.255 e. The highest BCUT2D eigenvalue weighted by Crippen LogP contribution is 2.19. The van der Waals surface area contributed by atoms with Crippen LogP contribution >= 0.6 is 11.6 Å². The van der Waals surface area contributed by atoms with Crippen LogP contribution in [0.25, 0.3) is 0 Å². The van der Waals surface area contributed by atoms with Crippen molar-refractivity contribution in [3.05, 3.63) is 34.6 Å². The van der Waals surface area contributed by atoms with Gasteiger partial charge >= 0.3 is 0 Å². The molecule has 0 saturated carbocycles. The average molecular weight is 300 g/mol. The summed E-state index contributed by atoms with van der Waals surface area (Å²) in [6, 6.07) is 3.69. The molecule has 20 heavy (non-hydrogen) atoms. The third-order valence-corrected chi connectivity index (χ3v) is 3.57. The van der Waals surface area contributed by atoms with E-state index in [1.54, 1.807) is 9.80 Å². The Hall–Kier alpha value is -1.66. The summed E-state index contributed by atoms with van der Waals surface area (Å²) in [5.41, 5.74) is 5.57. The summed E-state index contributed by atoms with van der Waals surface area (Å²) in [7, 11) is 0. The molecule has 2 rings (SSSR count). The Bertz CT molecular complexity index is 530. The predicted octanol–water partition coefficient (Wildman–Crippen LogP) is 0.722. The fourth-order valence-corrected chi connectivity index (χ4v) is 2.37. The molecular weight excluding hydrogens is 285 g/mol. The van der Waals surface area contributed by atoms with Crippen LogP contribution in [0.1, 0.15) is 10.4 Å². The van der Waals surface area contributed by atoms with Crippen molar-refractivity contribution in [1.29, 1.82) is 0 Å². The summed E-state index contributed by atoms with van der Waals surface area (Å²) < 4.78 is 13.0. The number of nitrogens with zero attached hydrogens (tertiary/aromatic N) is 2. The number of hydrogen-bond acceptors (Lipinski definition) is 3. The molecule has 1 fully saturated rings. The van der Waals surface area contributed by atoms with Crippen molar-refractivity contribution in [2.24, 2.45) is 5.73 Å². The maximum Gasteiger partial charge on any atom is 0.255 e. The van der Waals surface area contributed by atoms with Gasteiger partial charge in [-0.3, -0.25) is 9.59 Å². The van der Waals surface area contributed by atoms with E-state index >= 15 is 0 Å². The average Bonchev–Trinajstić information content (AvgIpc) is 2.46. The second kappa shape index (κ2) is 6.19. The fraction of sp³-hybridized carbons (Fsp3) is 0.385. The summed E-state index contributed by atoms with van der Waals surface area (Å²) >= 11 is 5.88. The lowest BCUT2D eigenvalue weighted by Gasteiger charge is -2.34. The minimum Gasteiger partial charge on any atom is -0.338 e. The lowest BCUT2D eigenvalue weighted by Crippen LogP contribution is -2.51. The zero-order valence-corrected chi connectivity index (χ0v) is 11.6. The van der Waals surface area contributed by atoms with E-state index in [4.69, 9.17) is 17.3 Å². The van der Waals surface area contributed by atoms with Crippen LogP contribution in [0.15, 0.2) is 18.2 Å². The molecule has 2 amide bonds. The highest BCUT2D eigenvalue weighted by molar-refractivity contribution is 6.33. The van der Waals surface area contributed by atoms with E-state index in [0.29, 0.717) is 26.2 Å². The van der Waals surface area contributed by atoms with Gasteiger partial charge in [0.05, 0.1) is 17.1 Å². The standard InChI is InChI=1S/C13H15ClFN3O2/c14-11-7-9(15)1-2-10(11)13(20)18-5-3-17(4-6-18)12(19)8-16/h1-2,7H,3-6,8,16H2. The van der Waals surface area contributed by atoms with Crippen LogP contribution in [0, 0.1) is 5.82 Å². The Morgan fingerprint density at radius 3 is 2.35 bits per heavy atom. The molecule has 5 nitrogen and oxygen atoms in total. The van der Waals surface area contributed by atoms with Crippen molar-refractivity contribution in [1.82, 2.24) is 9.80 Å². The first-order chi connectivity index (χ1) is 9.52. The van der Waals surface area contributed by atoms with Crippen LogP contribution in [-0.4, -0.2) is 54.3 Å². The Morgan fingerprint density at radius 2 is 1.80 bits per heavy atom. The molecule has 0 unspecified atom stereocenters. The number of piperazine rings is 1. The molecule has 0 atom stereocenters. The largest absolute Gasteiger partial charge is 0.338 e. The highest BCUT2D eigenvalue weighted by Gasteiger charge is 2.25. The number of halogens is 2. The van der Waals surface area contributed by atoms with Gasteiger partial charge in [-0.1, -0.05) is 11.6 Å². The molecule has 1 saturated heterocycles. The SMILES string of the molecule is NCC(=O)N1CCN(C(=O)c2ccc(F)cc2Cl)CC1. The number of hydrogen-bond donors (Lipinski definition) is 1. The van der Waals surface area contributed by atoms with Crippen molar-refractivity contribution in [2.75, 3.05) is 32.7 Å². The van der Waals surface area contributed by atoms with E-state index < -0.39 is 5.82 Å². The van der Waals surface area contributed by atoms with E-state index in [1.807, 2.05) is 0 Å². The van der Waals surface area contributed by atoms with E-state index in [1.165, 1.54) is 12.1 Å². The second-order valence-corrected chi connectivity index (χ2v) is 4.91. The summed E-state index contributed by atoms with van der Waals surface area (Å²) in [5, 5.41) is 0.0930. The molecule has 1 aromatic rings. The number of benzene rings is 1. The number of carbonyl (C=O) groups is 2. The number of carbonyl (C=O) groups excluding carboxylic acids is 2. The molecule has 1 aliphatic rings. The number of nitrogens with two attached hydrogens (primary N) is 1. The van der Waals surface area contributed by atoms with Crippen LogP contribution in [0.3, 0.4) is 0 Å². The Morgan fingerprint density at radius 1 is 1.20 bits per heavy atom. The van der Waals surface area contributed by atoms with E-state index in [2.05, 4.69) is 0 Å². The van der Waals surface area contributed by atoms with E-state index in [9.17, 15) is 14.0 Å². The molecular formula is C13H15ClFN3O2. The molecule has 1 aliphatic heterocycles. The van der Waals surface area contributed by atoms with Crippen molar-refractivity contribution in [2.45, 2.75) is 0 Å². The maximum absolute atomic E-state index is 13.0. The molecule has 108 valence electrons. The van der Waals surface area contributed by atoms with E-state index in [0.717, 1.165) is 6.07 Å². The van der Waals surface area contributed by atoms with Gasteiger partial charge in [-0.05, 0) is 18.2 Å². The van der Waals surface area contributed by atoms with Crippen LogP contribution < -0.4 is 5.73 Å². The first kappa shape index (κ1) is 14.7. The van der Waals surface area contributed by atoms with Gasteiger partial charge in [-0.25, -0.2) is 4.39 Å². The minimum atomic E-state index is -0.482. The van der Waals surface area contributed by atoms with Crippen molar-refractivity contribution in [3.8, 4) is 0 Å². The fourth-order valence-electron chi connectivity index (χ4n) is 2.12. The van der Waals surface area contributed by atoms with Crippen molar-refractivity contribution in [3.63, 3.8) is 0 Å². The van der Waals surface area contributed by atoms with Crippen LogP contribution in [0.4, 0.5) is 4.39 Å². The third-order valence-electron chi connectivity index (χ3n) is 3.26. The van der Waals surface area contributed by atoms with E-state index in [-0.39, 0.29) is 28.9 Å². The minimum absolute atomic E-state index is 0.0300. The molecule has 0 aliphatic carbocycles. The lowest BCUT2D eigenvalue weighted by molar-refractivity contribution is -0.131. The lowest BCUT2D eigenvalue weighted by atomic mass is 10.1. The van der Waals surface area contributed by atoms with Gasteiger partial charge in [-0.2, -0.15) is 0 Å². The molecule has 7 heteroatoms. The molecule has 0 radical (unpaired) electrons. The monoisotopic (exact) mass is 299 g/mol. The summed E-state index contributed by atoms with van der Waals surface area (Å²) in [4.78, 5) is 26.9. The first-order valence-electron chi connectivity index (χ1n) is 6.25. The number of rotatable bonds is 2. The molecule has 0 spiro atoms. The second-order valence-electron chi connectivity index (χ2n) is 4.50. The Kier molecular flexibility index (Phi) is 4.57. The molecule has 0 aromatic heterocycles. The predicted molar refractivity (Wildman–Crippen MR) is 72.9 cm³/mol. The van der Waals surface area contributed by atoms with Crippen molar-refractivity contribution < 1.29 is 14.0 Å². The zero-order chi connectivity index (χ0) is 14.7. The van der Waals surface area contributed by atoms with Crippen LogP contribution in [-0.2, 0) is 4.79 Å². The molecule has 1 heterocycles. The Labute approximate surface area is 121 Å². The van der Waals surface area contributed by atoms with Gasteiger partial charge in [0.15, 0.2) is 0 Å². The molecule has 0 bridgehead atoms. The quantitative estimate of drug-likeness (QED) is 0.875. The van der Waals surface area contributed by atoms with Crippen molar-refractivity contribution >= 4 is 23.4 Å². The summed E-state index contributed by atoms with van der Waals surface area (Å²) in [6.07, 6.45) is 0. The Balaban J connectivity index is 2.03. The van der Waals surface area contributed by atoms with Gasteiger partial charge in [0, 0.05) is 26.2 Å². The van der Waals surface area contributed by atoms with Gasteiger partial charge in [0.25, 0.3) is 5.91 Å². The number of amides is 2. The topological polar surface area (TPSA) is 66.6 Å². The summed E-state index contributed by atoms with van der Waals surface area (Å²) in [5.74, 6) is -0.864. The third kappa shape index (κ3) is 3.08. The molecule has 2 N–H and O–H groups in total. The van der Waals surface area contributed by atoms with Crippen LogP contribution in [0.5, 0.6) is 0 Å². The van der Waals surface area contributed by atoms with Gasteiger partial charge < -0.3 is 15.5 Å². The van der Waals surface area contributed by atoms with Gasteiger partial charge in [0.2, 0.25) is 5.91 Å². The van der Waals surface area contributed by atoms with Gasteiger partial charge in [0.1, 0.15) is 5.82 Å². The zero-order valence-electron chi connectivity index (χ0n) is 10.8. The first-order valence-corrected chi connectivity index (χ1v) is 6.63. The molecule has 1 aromatic carbocycles.